The summed E-state index contributed by atoms with van der Waals surface area (Å²) >= 11 is 0. The third-order valence-corrected chi connectivity index (χ3v) is 5.39. The van der Waals surface area contributed by atoms with Crippen molar-refractivity contribution < 1.29 is 0 Å². The summed E-state index contributed by atoms with van der Waals surface area (Å²) in [6, 6.07) is 19.5. The summed E-state index contributed by atoms with van der Waals surface area (Å²) in [7, 11) is 0. The van der Waals surface area contributed by atoms with Crippen molar-refractivity contribution in [2.24, 2.45) is 0 Å². The molecule has 0 bridgehead atoms. The fraction of sp³-hybridized carbons (Fsp3) is 0.217. The Balaban J connectivity index is 1.72. The molecule has 4 aromatic rings. The topological polar surface area (TPSA) is 42.2 Å². The molecule has 0 aliphatic carbocycles. The van der Waals surface area contributed by atoms with Gasteiger partial charge < -0.3 is 5.32 Å². The van der Waals surface area contributed by atoms with Crippen molar-refractivity contribution in [3.8, 4) is 11.3 Å². The van der Waals surface area contributed by atoms with Gasteiger partial charge in [0.05, 0.1) is 11.6 Å². The molecule has 1 N–H and O–H groups in total. The highest BCUT2D eigenvalue weighted by Gasteiger charge is 2.26. The molecule has 0 saturated heterocycles. The van der Waals surface area contributed by atoms with E-state index in [1.807, 2.05) is 10.7 Å². The van der Waals surface area contributed by atoms with Crippen LogP contribution in [-0.4, -0.2) is 14.6 Å². The van der Waals surface area contributed by atoms with Crippen LogP contribution in [0.2, 0.25) is 0 Å². The minimum absolute atomic E-state index is 0.0532. The van der Waals surface area contributed by atoms with Crippen molar-refractivity contribution in [1.29, 1.82) is 0 Å². The van der Waals surface area contributed by atoms with E-state index < -0.39 is 0 Å². The third-order valence-electron chi connectivity index (χ3n) is 5.39. The van der Waals surface area contributed by atoms with Crippen LogP contribution >= 0.6 is 0 Å². The van der Waals surface area contributed by atoms with Gasteiger partial charge in [0.1, 0.15) is 12.0 Å². The number of para-hydroxylation sites is 1. The van der Waals surface area contributed by atoms with Gasteiger partial charge in [0.25, 0.3) is 0 Å². The van der Waals surface area contributed by atoms with Gasteiger partial charge in [-0.25, -0.2) is 9.50 Å². The van der Waals surface area contributed by atoms with Crippen molar-refractivity contribution >= 4 is 11.2 Å². The minimum Gasteiger partial charge on any atom is -0.374 e. The maximum Gasteiger partial charge on any atom is 0.137 e. The lowest BCUT2D eigenvalue weighted by atomic mass is 9.86. The molecule has 2 aromatic carbocycles. The van der Waals surface area contributed by atoms with Crippen molar-refractivity contribution in [1.82, 2.24) is 14.6 Å². The zero-order valence-corrected chi connectivity index (χ0v) is 15.8. The highest BCUT2D eigenvalue weighted by molar-refractivity contribution is 5.89. The van der Waals surface area contributed by atoms with Gasteiger partial charge >= 0.3 is 0 Å². The number of fused-ring (bicyclic) bond motifs is 2. The van der Waals surface area contributed by atoms with Gasteiger partial charge in [-0.1, -0.05) is 63.2 Å². The summed E-state index contributed by atoms with van der Waals surface area (Å²) in [5.41, 5.74) is 8.17. The van der Waals surface area contributed by atoms with Crippen molar-refractivity contribution in [3.63, 3.8) is 0 Å². The maximum atomic E-state index is 4.61. The smallest absolute Gasteiger partial charge is 0.137 e. The normalized spacial score (nSPS) is 15.9. The van der Waals surface area contributed by atoms with Crippen LogP contribution in [-0.2, 0) is 5.41 Å². The summed E-state index contributed by atoms with van der Waals surface area (Å²) in [5.74, 6) is 0. The van der Waals surface area contributed by atoms with E-state index in [9.17, 15) is 0 Å². The lowest BCUT2D eigenvalue weighted by Crippen LogP contribution is -2.14. The molecular formula is C23H22N4. The molecule has 0 spiro atoms. The molecule has 0 radical (unpaired) electrons. The second-order valence-electron chi connectivity index (χ2n) is 8.17. The zero-order valence-electron chi connectivity index (χ0n) is 15.8. The first-order chi connectivity index (χ1) is 13.0. The molecule has 0 fully saturated rings. The van der Waals surface area contributed by atoms with Crippen LogP contribution in [0.25, 0.3) is 16.8 Å². The summed E-state index contributed by atoms with van der Waals surface area (Å²) in [6.45, 7) is 6.73. The first-order valence-electron chi connectivity index (χ1n) is 9.31. The SMILES string of the molecule is CC(C)(C)c1ccc(C2Nc3ccccc3-c3ncnn4ccc2c34)cc1. The van der Waals surface area contributed by atoms with Gasteiger partial charge in [0.2, 0.25) is 0 Å². The molecule has 0 amide bonds. The lowest BCUT2D eigenvalue weighted by Gasteiger charge is -2.22. The standard InChI is InChI=1S/C23H22N4/c1-23(2,3)16-10-8-15(9-11-16)20-18-12-13-27-22(18)21(24-14-25-27)17-6-4-5-7-19(17)26-20/h4-14,20,26H,1-3H3. The molecule has 1 unspecified atom stereocenters. The second-order valence-corrected chi connectivity index (χ2v) is 8.17. The minimum atomic E-state index is 0.0532. The van der Waals surface area contributed by atoms with E-state index in [1.54, 1.807) is 6.33 Å². The molecule has 27 heavy (non-hydrogen) atoms. The van der Waals surface area contributed by atoms with E-state index in [0.29, 0.717) is 0 Å². The molecule has 4 nitrogen and oxygen atoms in total. The maximum absolute atomic E-state index is 4.61. The Labute approximate surface area is 158 Å². The van der Waals surface area contributed by atoms with E-state index >= 15 is 0 Å². The Bertz CT molecular complexity index is 1130. The van der Waals surface area contributed by atoms with Crippen molar-refractivity contribution in [2.45, 2.75) is 32.2 Å². The molecule has 4 heteroatoms. The average molecular weight is 354 g/mol. The van der Waals surface area contributed by atoms with E-state index in [1.165, 1.54) is 16.7 Å². The van der Waals surface area contributed by atoms with Gasteiger partial charge in [-0.05, 0) is 28.7 Å². The predicted molar refractivity (Wildman–Crippen MR) is 109 cm³/mol. The molecule has 0 saturated carbocycles. The van der Waals surface area contributed by atoms with Crippen molar-refractivity contribution in [3.05, 3.63) is 83.8 Å². The van der Waals surface area contributed by atoms with Gasteiger partial charge in [-0.15, -0.1) is 0 Å². The monoisotopic (exact) mass is 354 g/mol. The van der Waals surface area contributed by atoms with Gasteiger partial charge in [-0.3, -0.25) is 0 Å². The molecule has 1 aliphatic heterocycles. The molecule has 1 atom stereocenters. The fourth-order valence-electron chi connectivity index (χ4n) is 3.90. The molecular weight excluding hydrogens is 332 g/mol. The van der Waals surface area contributed by atoms with Gasteiger partial charge in [-0.2, -0.15) is 5.10 Å². The number of hydrogen-bond donors (Lipinski definition) is 1. The number of anilines is 1. The number of rotatable bonds is 1. The number of hydrogen-bond acceptors (Lipinski definition) is 3. The van der Waals surface area contributed by atoms with E-state index in [4.69, 9.17) is 0 Å². The first kappa shape index (κ1) is 16.1. The third kappa shape index (κ3) is 2.52. The summed E-state index contributed by atoms with van der Waals surface area (Å²) < 4.78 is 1.93. The Morgan fingerprint density at radius 3 is 2.52 bits per heavy atom. The van der Waals surface area contributed by atoms with Crippen LogP contribution in [0.1, 0.15) is 43.5 Å². The molecule has 1 aliphatic rings. The molecule has 5 rings (SSSR count). The predicted octanol–water partition coefficient (Wildman–Crippen LogP) is 5.21. The second kappa shape index (κ2) is 5.68. The Kier molecular flexibility index (Phi) is 3.38. The summed E-state index contributed by atoms with van der Waals surface area (Å²) in [6.07, 6.45) is 3.64. The molecule has 2 aromatic heterocycles. The summed E-state index contributed by atoms with van der Waals surface area (Å²) in [4.78, 5) is 4.61. The number of nitrogens with zero attached hydrogens (tertiary/aromatic N) is 3. The Morgan fingerprint density at radius 2 is 1.74 bits per heavy atom. The van der Waals surface area contributed by atoms with E-state index in [-0.39, 0.29) is 11.5 Å². The van der Waals surface area contributed by atoms with E-state index in [2.05, 4.69) is 90.8 Å². The fourth-order valence-corrected chi connectivity index (χ4v) is 3.90. The highest BCUT2D eigenvalue weighted by Crippen LogP contribution is 2.41. The van der Waals surface area contributed by atoms with Crippen molar-refractivity contribution in [2.75, 3.05) is 5.32 Å². The number of benzene rings is 2. The van der Waals surface area contributed by atoms with Gasteiger partial charge in [0, 0.05) is 23.0 Å². The molecule has 3 heterocycles. The lowest BCUT2D eigenvalue weighted by molar-refractivity contribution is 0.590. The van der Waals surface area contributed by atoms with Crippen LogP contribution < -0.4 is 5.32 Å². The Hall–Kier alpha value is -3.14. The van der Waals surface area contributed by atoms with Crippen LogP contribution in [0, 0.1) is 0 Å². The summed E-state index contributed by atoms with van der Waals surface area (Å²) in [5, 5.41) is 8.16. The zero-order chi connectivity index (χ0) is 18.6. The first-order valence-corrected chi connectivity index (χ1v) is 9.31. The van der Waals surface area contributed by atoms with Crippen LogP contribution in [0.15, 0.2) is 67.1 Å². The number of aromatic nitrogens is 3. The van der Waals surface area contributed by atoms with Crippen LogP contribution in [0.4, 0.5) is 5.69 Å². The molecule has 134 valence electrons. The Morgan fingerprint density at radius 1 is 0.963 bits per heavy atom. The van der Waals surface area contributed by atoms with E-state index in [0.717, 1.165) is 22.5 Å². The highest BCUT2D eigenvalue weighted by atomic mass is 15.2. The largest absolute Gasteiger partial charge is 0.374 e. The quantitative estimate of drug-likeness (QED) is 0.510. The van der Waals surface area contributed by atoms with Gasteiger partial charge in [0.15, 0.2) is 0 Å². The average Bonchev–Trinajstić information content (AvgIpc) is 3.03. The van der Waals surface area contributed by atoms with Crippen LogP contribution in [0.5, 0.6) is 0 Å². The number of nitrogens with one attached hydrogen (secondary N) is 1. The van der Waals surface area contributed by atoms with Crippen LogP contribution in [0.3, 0.4) is 0 Å².